The number of imidazole rings is 1. The number of carbonyl (C=O) groups excluding carboxylic acids is 2. The van der Waals surface area contributed by atoms with Crippen molar-refractivity contribution < 1.29 is 14.3 Å². The Bertz CT molecular complexity index is 1230. The highest BCUT2D eigenvalue weighted by Gasteiger charge is 2.33. The monoisotopic (exact) mass is 515 g/mol. The topological polar surface area (TPSA) is 122 Å². The largest absolute Gasteiger partial charge is 0.374 e. The smallest absolute Gasteiger partial charge is 0.326 e. The molecule has 1 saturated heterocycles. The molecule has 1 fully saturated rings. The fourth-order valence-electron chi connectivity index (χ4n) is 4.39. The summed E-state index contributed by atoms with van der Waals surface area (Å²) in [6.07, 6.45) is 1.28. The Morgan fingerprint density at radius 1 is 1.11 bits per heavy atom. The second-order valence-corrected chi connectivity index (χ2v) is 9.62. The van der Waals surface area contributed by atoms with Crippen LogP contribution < -0.4 is 16.7 Å². The number of aromatic nitrogens is 2. The third-order valence-corrected chi connectivity index (χ3v) is 6.35. The number of benzene rings is 2. The molecule has 0 radical (unpaired) electrons. The van der Waals surface area contributed by atoms with Crippen LogP contribution >= 0.6 is 12.4 Å². The van der Waals surface area contributed by atoms with E-state index >= 15 is 0 Å². The highest BCUT2D eigenvalue weighted by molar-refractivity contribution is 5.91. The van der Waals surface area contributed by atoms with Gasteiger partial charge < -0.3 is 25.7 Å². The van der Waals surface area contributed by atoms with Crippen LogP contribution in [0.1, 0.15) is 38.3 Å². The number of nitrogens with two attached hydrogens (primary N) is 1. The Balaban J connectivity index is 0.00000361. The van der Waals surface area contributed by atoms with E-state index in [0.29, 0.717) is 32.5 Å². The van der Waals surface area contributed by atoms with E-state index in [9.17, 15) is 14.4 Å². The molecule has 2 heterocycles. The molecule has 0 aliphatic carbocycles. The van der Waals surface area contributed by atoms with E-state index in [1.54, 1.807) is 23.3 Å². The molecule has 9 nitrogen and oxygen atoms in total. The average Bonchev–Trinajstić information content (AvgIpc) is 3.18. The van der Waals surface area contributed by atoms with Crippen molar-refractivity contribution >= 4 is 35.3 Å². The molecule has 4 rings (SSSR count). The lowest BCUT2D eigenvalue weighted by atomic mass is 10.0. The Morgan fingerprint density at radius 2 is 1.75 bits per heavy atom. The van der Waals surface area contributed by atoms with E-state index < -0.39 is 17.5 Å². The van der Waals surface area contributed by atoms with Crippen LogP contribution in [0.25, 0.3) is 11.0 Å². The lowest BCUT2D eigenvalue weighted by Crippen LogP contribution is -2.58. The summed E-state index contributed by atoms with van der Waals surface area (Å²) in [4.78, 5) is 43.1. The zero-order chi connectivity index (χ0) is 25.0. The summed E-state index contributed by atoms with van der Waals surface area (Å²) in [5, 5.41) is 2.77. The van der Waals surface area contributed by atoms with Crippen LogP contribution in [0.15, 0.2) is 59.4 Å². The Kier molecular flexibility index (Phi) is 8.94. The summed E-state index contributed by atoms with van der Waals surface area (Å²) in [6, 6.07) is 16.4. The molecule has 1 aliphatic heterocycles. The number of nitrogens with zero attached hydrogens (tertiary/aromatic N) is 2. The number of carbonyl (C=O) groups is 2. The van der Waals surface area contributed by atoms with Crippen LogP contribution in [0, 0.1) is 0 Å². The van der Waals surface area contributed by atoms with Gasteiger partial charge in [-0.1, -0.05) is 42.5 Å². The maximum Gasteiger partial charge on any atom is 0.326 e. The van der Waals surface area contributed by atoms with Gasteiger partial charge in [-0.3, -0.25) is 14.2 Å². The van der Waals surface area contributed by atoms with Crippen LogP contribution in [0.3, 0.4) is 0 Å². The second kappa shape index (κ2) is 11.7. The van der Waals surface area contributed by atoms with E-state index in [2.05, 4.69) is 10.3 Å². The van der Waals surface area contributed by atoms with Crippen LogP contribution in [-0.4, -0.2) is 57.5 Å². The SMILES string of the molecule is CC(C)(N)C(=O)N[C@H](COCc1ccccc1)C(=O)N1CCC(n2c(=O)[nH]c3ccccc32)CC1.Cl. The van der Waals surface area contributed by atoms with Gasteiger partial charge in [0.15, 0.2) is 0 Å². The number of aromatic amines is 1. The van der Waals surface area contributed by atoms with Gasteiger partial charge in [-0.05, 0) is 44.4 Å². The van der Waals surface area contributed by atoms with Crippen molar-refractivity contribution in [1.82, 2.24) is 19.8 Å². The number of ether oxygens (including phenoxy) is 1. The maximum absolute atomic E-state index is 13.4. The summed E-state index contributed by atoms with van der Waals surface area (Å²) in [6.45, 7) is 4.52. The summed E-state index contributed by atoms with van der Waals surface area (Å²) < 4.78 is 7.59. The van der Waals surface area contributed by atoms with Crippen molar-refractivity contribution in [2.75, 3.05) is 19.7 Å². The molecular formula is C26H34ClN5O4. The number of nitrogens with one attached hydrogen (secondary N) is 2. The molecular weight excluding hydrogens is 482 g/mol. The first-order valence-corrected chi connectivity index (χ1v) is 11.9. The van der Waals surface area contributed by atoms with Crippen LogP contribution in [0.5, 0.6) is 0 Å². The Labute approximate surface area is 216 Å². The number of hydrogen-bond donors (Lipinski definition) is 3. The molecule has 3 aromatic rings. The summed E-state index contributed by atoms with van der Waals surface area (Å²) in [5.41, 5.74) is 7.34. The zero-order valence-corrected chi connectivity index (χ0v) is 21.4. The molecule has 0 spiro atoms. The van der Waals surface area contributed by atoms with Crippen molar-refractivity contribution in [3.05, 3.63) is 70.6 Å². The molecule has 0 unspecified atom stereocenters. The van der Waals surface area contributed by atoms with Gasteiger partial charge in [0, 0.05) is 19.1 Å². The van der Waals surface area contributed by atoms with Crippen LogP contribution in [0.2, 0.25) is 0 Å². The summed E-state index contributed by atoms with van der Waals surface area (Å²) in [7, 11) is 0. The van der Waals surface area contributed by atoms with Crippen molar-refractivity contribution in [1.29, 1.82) is 0 Å². The number of rotatable bonds is 8. The molecule has 1 aliphatic rings. The number of amides is 2. The van der Waals surface area contributed by atoms with E-state index in [-0.39, 0.29) is 36.7 Å². The third kappa shape index (κ3) is 6.34. The molecule has 36 heavy (non-hydrogen) atoms. The first kappa shape index (κ1) is 27.4. The second-order valence-electron chi connectivity index (χ2n) is 9.62. The number of halogens is 1. The van der Waals surface area contributed by atoms with Gasteiger partial charge in [-0.25, -0.2) is 4.79 Å². The highest BCUT2D eigenvalue weighted by Crippen LogP contribution is 2.25. The number of H-pyrrole nitrogens is 1. The minimum atomic E-state index is -1.12. The predicted octanol–water partition coefficient (Wildman–Crippen LogP) is 2.35. The first-order chi connectivity index (χ1) is 16.7. The molecule has 1 aromatic heterocycles. The van der Waals surface area contributed by atoms with Gasteiger partial charge in [-0.15, -0.1) is 12.4 Å². The van der Waals surface area contributed by atoms with Gasteiger partial charge >= 0.3 is 5.69 Å². The molecule has 0 bridgehead atoms. The minimum Gasteiger partial charge on any atom is -0.374 e. The van der Waals surface area contributed by atoms with E-state index in [1.165, 1.54) is 0 Å². The van der Waals surface area contributed by atoms with E-state index in [4.69, 9.17) is 10.5 Å². The van der Waals surface area contributed by atoms with Gasteiger partial charge in [0.1, 0.15) is 6.04 Å². The van der Waals surface area contributed by atoms with Crippen LogP contribution in [0.4, 0.5) is 0 Å². The van der Waals surface area contributed by atoms with E-state index in [0.717, 1.165) is 16.6 Å². The lowest BCUT2D eigenvalue weighted by Gasteiger charge is -2.35. The normalized spacial score (nSPS) is 15.4. The van der Waals surface area contributed by atoms with Gasteiger partial charge in [0.25, 0.3) is 0 Å². The Hall–Kier alpha value is -3.14. The van der Waals surface area contributed by atoms with Gasteiger partial charge in [-0.2, -0.15) is 0 Å². The molecule has 2 aromatic carbocycles. The van der Waals surface area contributed by atoms with Crippen molar-refractivity contribution in [3.8, 4) is 0 Å². The first-order valence-electron chi connectivity index (χ1n) is 11.9. The third-order valence-electron chi connectivity index (χ3n) is 6.35. The van der Waals surface area contributed by atoms with Crippen molar-refractivity contribution in [2.45, 2.75) is 50.9 Å². The van der Waals surface area contributed by atoms with Crippen molar-refractivity contribution in [3.63, 3.8) is 0 Å². The summed E-state index contributed by atoms with van der Waals surface area (Å²) in [5.74, 6) is -0.625. The van der Waals surface area contributed by atoms with Gasteiger partial charge in [0.2, 0.25) is 11.8 Å². The number of fused-ring (bicyclic) bond motifs is 1. The quantitative estimate of drug-likeness (QED) is 0.425. The number of para-hydroxylation sites is 2. The molecule has 4 N–H and O–H groups in total. The average molecular weight is 516 g/mol. The molecule has 194 valence electrons. The maximum atomic E-state index is 13.4. The standard InChI is InChI=1S/C26H33N5O4.ClH/c1-26(2,27)24(33)28-21(17-35-16-18-8-4-3-5-9-18)23(32)30-14-12-19(13-15-30)31-22-11-7-6-10-20(22)29-25(31)34;/h3-11,19,21H,12-17,27H2,1-2H3,(H,28,33)(H,29,34);1H/t21-;/m1./s1. The summed E-state index contributed by atoms with van der Waals surface area (Å²) >= 11 is 0. The molecule has 0 saturated carbocycles. The zero-order valence-electron chi connectivity index (χ0n) is 20.6. The van der Waals surface area contributed by atoms with Gasteiger partial charge in [0.05, 0.1) is 29.8 Å². The molecule has 10 heteroatoms. The molecule has 2 amide bonds. The van der Waals surface area contributed by atoms with Crippen molar-refractivity contribution in [2.24, 2.45) is 5.73 Å². The number of likely N-dealkylation sites (tertiary alicyclic amines) is 1. The Morgan fingerprint density at radius 3 is 2.42 bits per heavy atom. The number of piperidine rings is 1. The highest BCUT2D eigenvalue weighted by atomic mass is 35.5. The lowest BCUT2D eigenvalue weighted by molar-refractivity contribution is -0.140. The van der Waals surface area contributed by atoms with E-state index in [1.807, 2.05) is 54.6 Å². The van der Waals surface area contributed by atoms with Crippen LogP contribution in [-0.2, 0) is 20.9 Å². The minimum absolute atomic E-state index is 0. The number of hydrogen-bond acceptors (Lipinski definition) is 5. The fourth-order valence-corrected chi connectivity index (χ4v) is 4.39. The molecule has 1 atom stereocenters. The predicted molar refractivity (Wildman–Crippen MR) is 141 cm³/mol. The fraction of sp³-hybridized carbons (Fsp3) is 0.423.